The molecule has 19 heteroatoms. The quantitative estimate of drug-likeness (QED) is 0.118. The number of amides is 3. The molecule has 0 radical (unpaired) electrons. The number of benzene rings is 2. The first-order valence-corrected chi connectivity index (χ1v) is 24.9. The molecule has 2 unspecified atom stereocenters. The van der Waals surface area contributed by atoms with Crippen molar-refractivity contribution < 1.29 is 77.3 Å². The minimum absolute atomic E-state index is 0.000719. The average molecular weight is 1020 g/mol. The maximum absolute atomic E-state index is 15.3. The van der Waals surface area contributed by atoms with Crippen LogP contribution >= 0.6 is 0 Å². The number of Topliss-reactive ketones (excluding diaryl/α,β-unsaturated/α-hetero) is 1. The number of fused-ring (bicyclic) bond motifs is 5. The Morgan fingerprint density at radius 1 is 0.849 bits per heavy atom. The van der Waals surface area contributed by atoms with E-state index < -0.39 is 125 Å². The van der Waals surface area contributed by atoms with E-state index in [1.165, 1.54) is 46.7 Å². The number of hydrogen-bond donors (Lipinski definition) is 4. The fraction of sp³-hybridized carbons (Fsp3) is 0.574. The molecule has 12 atom stereocenters. The highest BCUT2D eigenvalue weighted by Gasteiger charge is 2.77. The summed E-state index contributed by atoms with van der Waals surface area (Å²) < 4.78 is 35.7. The average Bonchev–Trinajstić information content (AvgIpc) is 3.33. The van der Waals surface area contributed by atoms with Crippen molar-refractivity contribution in [1.29, 1.82) is 0 Å². The van der Waals surface area contributed by atoms with E-state index in [4.69, 9.17) is 28.4 Å². The van der Waals surface area contributed by atoms with Crippen molar-refractivity contribution in [1.82, 2.24) is 15.1 Å². The molecule has 3 amide bonds. The van der Waals surface area contributed by atoms with Gasteiger partial charge < -0.3 is 58.9 Å². The van der Waals surface area contributed by atoms with Gasteiger partial charge >= 0.3 is 30.1 Å². The van der Waals surface area contributed by atoms with E-state index in [0.717, 1.165) is 44.4 Å². The van der Waals surface area contributed by atoms with E-state index in [1.807, 2.05) is 12.2 Å². The van der Waals surface area contributed by atoms with Crippen molar-refractivity contribution in [3.63, 3.8) is 0 Å². The molecule has 5 aliphatic rings. The number of esters is 3. The molecule has 2 aromatic carbocycles. The number of ether oxygens (including phenoxy) is 6. The zero-order valence-corrected chi connectivity index (χ0v) is 42.7. The second kappa shape index (κ2) is 21.7. The molecule has 19 nitrogen and oxygen atoms in total. The number of carbonyl (C=O) groups excluding carboxylic acids is 7. The Bertz CT molecular complexity index is 2480. The molecular formula is C54H69N3O16. The molecular weight excluding hydrogens is 947 g/mol. The minimum atomic E-state index is -2.42. The molecule has 1 saturated heterocycles. The standard InChI is InChI=1S/C54H69N3O16/c1-31-37(29-54(67)46(62)44-52(6,38(60)28-39-53(44,30-68-39)73-33(3)59)45(61)42(69-32(2)58)40(31)51(54,4)5)71-48(64)43(41(34-20-14-12-15-21-34)55-47(63)35-22-16-13-17-23-35)72-50(66)57(8)27-26-56(7)49(65)70-36-24-18-10-9-11-19-25-36/h12-18,20-24,36-39,41-44,46,60,62,67H,9-11,19,25-30H2,1-8H3,(H,55,63)/b24-18+/t36?,37-,38-,39+,41-,42+,43+,44?,46-,52+,53-,54+/m0/s1. The Morgan fingerprint density at radius 2 is 1.49 bits per heavy atom. The van der Waals surface area contributed by atoms with E-state index >= 15 is 9.59 Å². The summed E-state index contributed by atoms with van der Waals surface area (Å²) in [6, 6.07) is 14.9. The number of aliphatic hydroxyl groups is 3. The molecule has 4 N–H and O–H groups in total. The highest BCUT2D eigenvalue weighted by Crippen LogP contribution is 2.63. The first-order valence-electron chi connectivity index (χ1n) is 24.9. The molecule has 7 rings (SSSR count). The van der Waals surface area contributed by atoms with Gasteiger partial charge in [-0.3, -0.25) is 19.2 Å². The molecule has 4 aliphatic carbocycles. The summed E-state index contributed by atoms with van der Waals surface area (Å²) in [6.45, 7) is 7.77. The van der Waals surface area contributed by atoms with Gasteiger partial charge in [0.15, 0.2) is 17.5 Å². The molecule has 0 aromatic heterocycles. The predicted molar refractivity (Wildman–Crippen MR) is 260 cm³/mol. The first-order chi connectivity index (χ1) is 34.5. The monoisotopic (exact) mass is 1020 g/mol. The van der Waals surface area contributed by atoms with Crippen LogP contribution in [0.15, 0.2) is 84.0 Å². The molecule has 73 heavy (non-hydrogen) atoms. The van der Waals surface area contributed by atoms with Gasteiger partial charge in [-0.2, -0.15) is 0 Å². The van der Waals surface area contributed by atoms with Gasteiger partial charge in [0.2, 0.25) is 6.10 Å². The van der Waals surface area contributed by atoms with E-state index in [-0.39, 0.29) is 42.8 Å². The van der Waals surface area contributed by atoms with Gasteiger partial charge in [-0.05, 0) is 74.4 Å². The Morgan fingerprint density at radius 3 is 2.11 bits per heavy atom. The van der Waals surface area contributed by atoms with Crippen LogP contribution in [-0.2, 0) is 47.6 Å². The maximum Gasteiger partial charge on any atom is 0.410 e. The van der Waals surface area contributed by atoms with Gasteiger partial charge in [0.05, 0.1) is 24.2 Å². The highest BCUT2D eigenvalue weighted by atomic mass is 16.6. The number of nitrogens with zero attached hydrogens (tertiary/aromatic N) is 2. The second-order valence-electron chi connectivity index (χ2n) is 20.8. The largest absolute Gasteiger partial charge is 0.455 e. The van der Waals surface area contributed by atoms with Crippen LogP contribution < -0.4 is 5.32 Å². The van der Waals surface area contributed by atoms with Crippen LogP contribution in [0.4, 0.5) is 9.59 Å². The molecule has 1 aliphatic heterocycles. The molecule has 1 heterocycles. The lowest BCUT2D eigenvalue weighted by molar-refractivity contribution is -0.346. The van der Waals surface area contributed by atoms with Crippen LogP contribution in [0.5, 0.6) is 0 Å². The van der Waals surface area contributed by atoms with Crippen molar-refractivity contribution in [2.45, 2.75) is 146 Å². The van der Waals surface area contributed by atoms with Crippen LogP contribution in [0.1, 0.15) is 108 Å². The lowest BCUT2D eigenvalue weighted by Gasteiger charge is -2.67. The summed E-state index contributed by atoms with van der Waals surface area (Å²) in [6.07, 6.45) is -4.31. The molecule has 2 saturated carbocycles. The number of carbonyl (C=O) groups is 7. The molecule has 396 valence electrons. The van der Waals surface area contributed by atoms with Crippen molar-refractivity contribution in [2.75, 3.05) is 33.8 Å². The minimum Gasteiger partial charge on any atom is -0.455 e. The van der Waals surface area contributed by atoms with Gasteiger partial charge in [-0.15, -0.1) is 0 Å². The highest BCUT2D eigenvalue weighted by molar-refractivity contribution is 5.96. The Hall–Kier alpha value is -6.15. The van der Waals surface area contributed by atoms with Gasteiger partial charge in [0.1, 0.15) is 30.0 Å². The van der Waals surface area contributed by atoms with Gasteiger partial charge in [-0.25, -0.2) is 14.4 Å². The van der Waals surface area contributed by atoms with Crippen LogP contribution in [0.3, 0.4) is 0 Å². The normalized spacial score (nSPS) is 31.5. The van der Waals surface area contributed by atoms with E-state index in [2.05, 4.69) is 5.32 Å². The summed E-state index contributed by atoms with van der Waals surface area (Å²) in [7, 11) is 2.92. The van der Waals surface area contributed by atoms with Gasteiger partial charge in [-0.1, -0.05) is 74.9 Å². The summed E-state index contributed by atoms with van der Waals surface area (Å²) >= 11 is 0. The number of hydrogen-bond acceptors (Lipinski definition) is 16. The zero-order valence-electron chi connectivity index (χ0n) is 42.7. The lowest BCUT2D eigenvalue weighted by Crippen LogP contribution is -2.81. The third kappa shape index (κ3) is 10.5. The van der Waals surface area contributed by atoms with E-state index in [1.54, 1.807) is 60.7 Å². The Balaban J connectivity index is 1.26. The summed E-state index contributed by atoms with van der Waals surface area (Å²) in [4.78, 5) is 100. The lowest BCUT2D eigenvalue weighted by atomic mass is 9.44. The fourth-order valence-electron chi connectivity index (χ4n) is 11.5. The molecule has 0 spiro atoms. The molecule has 3 fully saturated rings. The fourth-order valence-corrected chi connectivity index (χ4v) is 11.5. The Labute approximate surface area is 425 Å². The summed E-state index contributed by atoms with van der Waals surface area (Å²) in [5.41, 5.74) is -7.23. The molecule has 2 bridgehead atoms. The SMILES string of the molecule is CC(=O)O[C@H]1C(=O)[C@@]2(C)C([C@H](O)[C@]3(O)C[C@H](OC(=O)[C@H](OC(=O)N(C)CCN(C)C(=O)OC4/C=C/CCCCC4)[C@@H](NC(=O)c4ccccc4)c4ccccc4)C(C)=C1C3(C)C)[C@]1(OC(C)=O)CO[C@@H]1C[C@@H]2O. The first kappa shape index (κ1) is 54.6. The van der Waals surface area contributed by atoms with Crippen molar-refractivity contribution >= 4 is 41.8 Å². The molecule has 2 aromatic rings. The van der Waals surface area contributed by atoms with E-state index in [9.17, 15) is 39.3 Å². The zero-order chi connectivity index (χ0) is 53.2. The summed E-state index contributed by atoms with van der Waals surface area (Å²) in [5, 5.41) is 40.9. The number of aliphatic hydroxyl groups excluding tert-OH is 2. The van der Waals surface area contributed by atoms with Crippen LogP contribution in [0.25, 0.3) is 0 Å². The number of nitrogens with one attached hydrogen (secondary N) is 1. The summed E-state index contributed by atoms with van der Waals surface area (Å²) in [5.74, 6) is -6.01. The van der Waals surface area contributed by atoms with Crippen LogP contribution in [0.2, 0.25) is 0 Å². The maximum atomic E-state index is 15.3. The van der Waals surface area contributed by atoms with E-state index in [0.29, 0.717) is 12.0 Å². The van der Waals surface area contributed by atoms with Gasteiger partial charge in [0.25, 0.3) is 5.91 Å². The smallest absolute Gasteiger partial charge is 0.410 e. The topological polar surface area (TPSA) is 254 Å². The van der Waals surface area contributed by atoms with Crippen molar-refractivity contribution in [2.24, 2.45) is 16.7 Å². The second-order valence-corrected chi connectivity index (χ2v) is 20.8. The Kier molecular flexibility index (Phi) is 16.3. The predicted octanol–water partition coefficient (Wildman–Crippen LogP) is 4.90. The number of rotatable bonds is 13. The van der Waals surface area contributed by atoms with Crippen LogP contribution in [0, 0.1) is 16.7 Å². The van der Waals surface area contributed by atoms with Gasteiger partial charge in [0, 0.05) is 70.8 Å². The van der Waals surface area contributed by atoms with Crippen molar-refractivity contribution in [3.8, 4) is 0 Å². The number of allylic oxidation sites excluding steroid dienone is 1. The number of likely N-dealkylation sites (N-methyl/N-ethyl adjacent to an activating group) is 2. The third-order valence-electron chi connectivity index (χ3n) is 15.8. The third-order valence-corrected chi connectivity index (χ3v) is 15.8. The number of ketones is 1. The van der Waals surface area contributed by atoms with Crippen LogP contribution in [-0.4, -0.2) is 155 Å². The van der Waals surface area contributed by atoms with Crippen molar-refractivity contribution in [3.05, 3.63) is 95.1 Å².